The van der Waals surface area contributed by atoms with E-state index in [1.54, 1.807) is 10.0 Å². The van der Waals surface area contributed by atoms with Crippen LogP contribution in [0.4, 0.5) is 0 Å². The Balaban J connectivity index is 2.60. The zero-order chi connectivity index (χ0) is 17.7. The Morgan fingerprint density at radius 1 is 1.21 bits per heavy atom. The summed E-state index contributed by atoms with van der Waals surface area (Å²) in [6.07, 6.45) is 2.82. The van der Waals surface area contributed by atoms with Crippen LogP contribution in [0.1, 0.15) is 45.4 Å². The molecule has 9 heteroatoms. The minimum absolute atomic E-state index is 0.0435. The minimum atomic E-state index is -0.524. The maximum Gasteiger partial charge on any atom is 0.330 e. The third kappa shape index (κ3) is 3.56. The van der Waals surface area contributed by atoms with Crippen LogP contribution in [0.25, 0.3) is 11.2 Å². The number of carbonyl (C=O) groups is 1. The summed E-state index contributed by atoms with van der Waals surface area (Å²) in [6.45, 7) is 5.00. The van der Waals surface area contributed by atoms with Crippen molar-refractivity contribution in [3.63, 3.8) is 0 Å². The summed E-state index contributed by atoms with van der Waals surface area (Å²) in [5, 5.41) is 8.63. The molecule has 0 aliphatic rings. The van der Waals surface area contributed by atoms with Crippen molar-refractivity contribution in [2.24, 2.45) is 0 Å². The van der Waals surface area contributed by atoms with E-state index >= 15 is 0 Å². The summed E-state index contributed by atoms with van der Waals surface area (Å²) >= 11 is 0. The van der Waals surface area contributed by atoms with Crippen LogP contribution < -0.4 is 16.7 Å². The van der Waals surface area contributed by atoms with Crippen molar-refractivity contribution in [2.45, 2.75) is 59.0 Å². The smallest absolute Gasteiger partial charge is 0.322 e. The number of nitrogens with one attached hydrogen (secondary N) is 2. The van der Waals surface area contributed by atoms with Crippen molar-refractivity contribution in [3.8, 4) is 0 Å². The average molecular weight is 337 g/mol. The fraction of sp³-hybridized carbons (Fsp3) is 0.600. The van der Waals surface area contributed by atoms with E-state index < -0.39 is 17.2 Å². The van der Waals surface area contributed by atoms with Gasteiger partial charge < -0.3 is 4.57 Å². The van der Waals surface area contributed by atoms with Crippen LogP contribution in [0, 0.1) is 0 Å². The minimum Gasteiger partial charge on any atom is -0.322 e. The zero-order valence-corrected chi connectivity index (χ0v) is 14.0. The topological polar surface area (TPSA) is 122 Å². The van der Waals surface area contributed by atoms with E-state index in [-0.39, 0.29) is 12.8 Å². The largest absolute Gasteiger partial charge is 0.330 e. The molecule has 0 bridgehead atoms. The van der Waals surface area contributed by atoms with Gasteiger partial charge >= 0.3 is 5.69 Å². The van der Waals surface area contributed by atoms with E-state index in [1.165, 1.54) is 4.57 Å². The number of H-pyrrole nitrogens is 1. The second-order valence-corrected chi connectivity index (χ2v) is 5.65. The first-order valence-corrected chi connectivity index (χ1v) is 8.18. The van der Waals surface area contributed by atoms with Gasteiger partial charge in [0, 0.05) is 25.9 Å². The molecular formula is C15H23N5O4. The molecule has 3 N–H and O–H groups in total. The highest BCUT2D eigenvalue weighted by Gasteiger charge is 2.18. The Bertz CT molecular complexity index is 833. The molecule has 0 fully saturated rings. The van der Waals surface area contributed by atoms with Gasteiger partial charge in [0.05, 0.1) is 0 Å². The highest BCUT2D eigenvalue weighted by Crippen LogP contribution is 2.14. The van der Waals surface area contributed by atoms with E-state index in [0.29, 0.717) is 30.1 Å². The molecule has 9 nitrogen and oxygen atoms in total. The highest BCUT2D eigenvalue weighted by molar-refractivity contribution is 5.75. The van der Waals surface area contributed by atoms with Gasteiger partial charge in [-0.1, -0.05) is 20.3 Å². The molecule has 0 saturated heterocycles. The molecule has 0 radical (unpaired) electrons. The molecule has 0 aliphatic carbocycles. The molecule has 0 aromatic carbocycles. The fourth-order valence-electron chi connectivity index (χ4n) is 2.68. The van der Waals surface area contributed by atoms with Gasteiger partial charge in [-0.3, -0.25) is 24.3 Å². The van der Waals surface area contributed by atoms with Crippen LogP contribution in [0.5, 0.6) is 0 Å². The lowest BCUT2D eigenvalue weighted by Crippen LogP contribution is -2.31. The number of fused-ring (bicyclic) bond motifs is 1. The van der Waals surface area contributed by atoms with Crippen molar-refractivity contribution in [3.05, 3.63) is 26.7 Å². The number of hydrogen-bond donors (Lipinski definition) is 3. The number of aromatic amines is 1. The van der Waals surface area contributed by atoms with Crippen molar-refractivity contribution >= 4 is 17.1 Å². The van der Waals surface area contributed by atoms with Crippen LogP contribution >= 0.6 is 0 Å². The second kappa shape index (κ2) is 7.91. The first-order chi connectivity index (χ1) is 11.5. The summed E-state index contributed by atoms with van der Waals surface area (Å²) in [5.41, 5.74) is 1.34. The molecular weight excluding hydrogens is 314 g/mol. The molecule has 0 aliphatic heterocycles. The maximum absolute atomic E-state index is 12.3. The first kappa shape index (κ1) is 17.9. The zero-order valence-electron chi connectivity index (χ0n) is 14.0. The van der Waals surface area contributed by atoms with Crippen LogP contribution in [0.15, 0.2) is 9.59 Å². The van der Waals surface area contributed by atoms with E-state index in [0.717, 1.165) is 19.3 Å². The normalized spacial score (nSPS) is 11.1. The number of amides is 1. The van der Waals surface area contributed by atoms with Gasteiger partial charge in [0.15, 0.2) is 11.2 Å². The number of rotatable bonds is 8. The van der Waals surface area contributed by atoms with Crippen LogP contribution in [-0.4, -0.2) is 30.2 Å². The number of aromatic nitrogens is 4. The van der Waals surface area contributed by atoms with Gasteiger partial charge in [-0.25, -0.2) is 15.3 Å². The van der Waals surface area contributed by atoms with Crippen LogP contribution in [-0.2, 0) is 24.3 Å². The molecule has 2 aromatic heterocycles. The quantitative estimate of drug-likeness (QED) is 0.479. The predicted octanol–water partition coefficient (Wildman–Crippen LogP) is 0.534. The Labute approximate surface area is 138 Å². The number of hydrogen-bond acceptors (Lipinski definition) is 5. The maximum atomic E-state index is 12.3. The lowest BCUT2D eigenvalue weighted by atomic mass is 10.2. The lowest BCUT2D eigenvalue weighted by Gasteiger charge is -2.08. The molecule has 1 amide bonds. The van der Waals surface area contributed by atoms with Gasteiger partial charge in [-0.2, -0.15) is 0 Å². The van der Waals surface area contributed by atoms with E-state index in [9.17, 15) is 14.4 Å². The van der Waals surface area contributed by atoms with E-state index in [4.69, 9.17) is 5.21 Å². The molecule has 0 unspecified atom stereocenters. The highest BCUT2D eigenvalue weighted by atomic mass is 16.5. The number of hydroxylamine groups is 1. The van der Waals surface area contributed by atoms with E-state index in [2.05, 4.69) is 9.97 Å². The fourth-order valence-corrected chi connectivity index (χ4v) is 2.68. The molecule has 0 spiro atoms. The molecule has 2 heterocycles. The summed E-state index contributed by atoms with van der Waals surface area (Å²) in [5.74, 6) is 0.0342. The Hall–Kier alpha value is -2.42. The van der Waals surface area contributed by atoms with Crippen molar-refractivity contribution < 1.29 is 10.0 Å². The molecule has 2 aromatic rings. The number of nitrogens with zero attached hydrogens (tertiary/aromatic N) is 3. The molecule has 0 saturated carbocycles. The standard InChI is InChI=1S/C15H23N5O4/c1-3-5-9-19-10(6-7-11(21)18-24)16-13-12(19)14(22)17-15(23)20(13)8-4-2/h24H,3-9H2,1-2H3,(H,18,21)(H,17,22,23). The molecule has 0 atom stereocenters. The number of carbonyl (C=O) groups excluding carboxylic acids is 1. The first-order valence-electron chi connectivity index (χ1n) is 8.18. The van der Waals surface area contributed by atoms with E-state index in [1.807, 2.05) is 13.8 Å². The van der Waals surface area contributed by atoms with Gasteiger partial charge in [0.25, 0.3) is 5.56 Å². The van der Waals surface area contributed by atoms with Crippen LogP contribution in [0.2, 0.25) is 0 Å². The van der Waals surface area contributed by atoms with Gasteiger partial charge in [-0.05, 0) is 12.8 Å². The van der Waals surface area contributed by atoms with Gasteiger partial charge in [0.2, 0.25) is 5.91 Å². The average Bonchev–Trinajstić information content (AvgIpc) is 2.93. The Kier molecular flexibility index (Phi) is 5.91. The third-order valence-corrected chi connectivity index (χ3v) is 3.85. The molecule has 2 rings (SSSR count). The number of aryl methyl sites for hydroxylation is 3. The summed E-state index contributed by atoms with van der Waals surface area (Å²) in [7, 11) is 0. The Morgan fingerprint density at radius 2 is 1.96 bits per heavy atom. The van der Waals surface area contributed by atoms with Crippen molar-refractivity contribution in [1.82, 2.24) is 24.6 Å². The lowest BCUT2D eigenvalue weighted by molar-refractivity contribution is -0.129. The summed E-state index contributed by atoms with van der Waals surface area (Å²) < 4.78 is 3.22. The SMILES string of the molecule is CCCCn1c(CCC(=O)NO)nc2c1c(=O)[nH]c(=O)n2CCC. The predicted molar refractivity (Wildman–Crippen MR) is 88.1 cm³/mol. The van der Waals surface area contributed by atoms with Gasteiger partial charge in [0.1, 0.15) is 5.82 Å². The van der Waals surface area contributed by atoms with Crippen LogP contribution in [0.3, 0.4) is 0 Å². The Morgan fingerprint density at radius 3 is 2.58 bits per heavy atom. The summed E-state index contributed by atoms with van der Waals surface area (Å²) in [6, 6.07) is 0. The number of imidazole rings is 1. The monoisotopic (exact) mass is 337 g/mol. The molecule has 24 heavy (non-hydrogen) atoms. The molecule has 132 valence electrons. The number of unbranched alkanes of at least 4 members (excludes halogenated alkanes) is 1. The van der Waals surface area contributed by atoms with Crippen molar-refractivity contribution in [1.29, 1.82) is 0 Å². The summed E-state index contributed by atoms with van der Waals surface area (Å²) in [4.78, 5) is 42.4. The van der Waals surface area contributed by atoms with Crippen molar-refractivity contribution in [2.75, 3.05) is 0 Å². The third-order valence-electron chi connectivity index (χ3n) is 3.85. The van der Waals surface area contributed by atoms with Gasteiger partial charge in [-0.15, -0.1) is 0 Å². The second-order valence-electron chi connectivity index (χ2n) is 5.65.